The van der Waals surface area contributed by atoms with Gasteiger partial charge in [0.2, 0.25) is 0 Å². The molecule has 1 heterocycles. The van der Waals surface area contributed by atoms with E-state index in [1.807, 2.05) is 6.07 Å². The Morgan fingerprint density at radius 2 is 2.10 bits per heavy atom. The molecular formula is C16H25BrN2O. The molecule has 112 valence electrons. The van der Waals surface area contributed by atoms with Crippen molar-refractivity contribution in [3.05, 3.63) is 28.2 Å². The summed E-state index contributed by atoms with van der Waals surface area (Å²) in [4.78, 5) is 2.53. The van der Waals surface area contributed by atoms with Gasteiger partial charge in [-0.25, -0.2) is 0 Å². The van der Waals surface area contributed by atoms with E-state index in [9.17, 15) is 0 Å². The highest BCUT2D eigenvalue weighted by Crippen LogP contribution is 2.23. The summed E-state index contributed by atoms with van der Waals surface area (Å²) in [7, 11) is 0. The fourth-order valence-electron chi connectivity index (χ4n) is 2.51. The Kier molecular flexibility index (Phi) is 6.83. The number of halogens is 1. The van der Waals surface area contributed by atoms with E-state index in [0.717, 1.165) is 42.9 Å². The summed E-state index contributed by atoms with van der Waals surface area (Å²) in [6, 6.07) is 6.24. The summed E-state index contributed by atoms with van der Waals surface area (Å²) in [6.07, 6.45) is 3.76. The molecule has 1 aliphatic rings. The van der Waals surface area contributed by atoms with E-state index in [2.05, 4.69) is 45.2 Å². The Balaban J connectivity index is 1.79. The maximum Gasteiger partial charge on any atom is 0.123 e. The first-order valence-corrected chi connectivity index (χ1v) is 8.43. The number of likely N-dealkylation sites (tertiary alicyclic amines) is 1. The van der Waals surface area contributed by atoms with Gasteiger partial charge in [-0.2, -0.15) is 0 Å². The molecule has 1 aliphatic heterocycles. The fourth-order valence-corrected chi connectivity index (χ4v) is 2.91. The van der Waals surface area contributed by atoms with Crippen LogP contribution in [0.5, 0.6) is 5.75 Å². The molecule has 20 heavy (non-hydrogen) atoms. The summed E-state index contributed by atoms with van der Waals surface area (Å²) in [5.41, 5.74) is 1.23. The Bertz CT molecular complexity index is 405. The standard InChI is InChI=1S/C16H25BrN2O/c1-2-11-20-16-6-5-15(17)12-14(16)13-18-7-10-19-8-3-4-9-19/h5-6,12,18H,2-4,7-11,13H2,1H3. The smallest absolute Gasteiger partial charge is 0.123 e. The van der Waals surface area contributed by atoms with Crippen LogP contribution < -0.4 is 10.1 Å². The molecule has 2 rings (SSSR count). The zero-order chi connectivity index (χ0) is 14.2. The van der Waals surface area contributed by atoms with Crippen molar-refractivity contribution < 1.29 is 4.74 Å². The third kappa shape index (κ3) is 5.08. The van der Waals surface area contributed by atoms with Crippen LogP contribution in [-0.4, -0.2) is 37.7 Å². The van der Waals surface area contributed by atoms with Gasteiger partial charge in [-0.1, -0.05) is 22.9 Å². The van der Waals surface area contributed by atoms with Crippen molar-refractivity contribution in [2.75, 3.05) is 32.8 Å². The van der Waals surface area contributed by atoms with E-state index in [0.29, 0.717) is 0 Å². The summed E-state index contributed by atoms with van der Waals surface area (Å²) < 4.78 is 6.91. The second kappa shape index (κ2) is 8.65. The van der Waals surface area contributed by atoms with Gasteiger partial charge in [0.1, 0.15) is 5.75 Å². The number of nitrogens with one attached hydrogen (secondary N) is 1. The maximum absolute atomic E-state index is 5.80. The highest BCUT2D eigenvalue weighted by atomic mass is 79.9. The van der Waals surface area contributed by atoms with Crippen molar-refractivity contribution in [1.29, 1.82) is 0 Å². The van der Waals surface area contributed by atoms with Crippen LogP contribution in [0.2, 0.25) is 0 Å². The van der Waals surface area contributed by atoms with Gasteiger partial charge >= 0.3 is 0 Å². The minimum absolute atomic E-state index is 0.780. The van der Waals surface area contributed by atoms with Crippen molar-refractivity contribution in [2.24, 2.45) is 0 Å². The molecule has 0 radical (unpaired) electrons. The molecule has 1 fully saturated rings. The Hall–Kier alpha value is -0.580. The van der Waals surface area contributed by atoms with E-state index in [4.69, 9.17) is 4.74 Å². The first-order valence-electron chi connectivity index (χ1n) is 7.64. The maximum atomic E-state index is 5.80. The topological polar surface area (TPSA) is 24.5 Å². The van der Waals surface area contributed by atoms with Crippen LogP contribution in [-0.2, 0) is 6.54 Å². The molecule has 0 bridgehead atoms. The lowest BCUT2D eigenvalue weighted by Gasteiger charge is -2.16. The normalized spacial score (nSPS) is 15.7. The third-order valence-corrected chi connectivity index (χ3v) is 4.10. The predicted molar refractivity (Wildman–Crippen MR) is 87.3 cm³/mol. The molecule has 0 atom stereocenters. The Morgan fingerprint density at radius 3 is 2.85 bits per heavy atom. The molecule has 1 aromatic carbocycles. The molecule has 3 nitrogen and oxygen atoms in total. The molecular weight excluding hydrogens is 316 g/mol. The lowest BCUT2D eigenvalue weighted by atomic mass is 10.2. The van der Waals surface area contributed by atoms with E-state index >= 15 is 0 Å². The van der Waals surface area contributed by atoms with E-state index in [-0.39, 0.29) is 0 Å². The monoisotopic (exact) mass is 340 g/mol. The van der Waals surface area contributed by atoms with E-state index < -0.39 is 0 Å². The first kappa shape index (κ1) is 15.8. The number of ether oxygens (including phenoxy) is 1. The van der Waals surface area contributed by atoms with Gasteiger partial charge in [0, 0.05) is 29.7 Å². The fraction of sp³-hybridized carbons (Fsp3) is 0.625. The highest BCUT2D eigenvalue weighted by molar-refractivity contribution is 9.10. The molecule has 0 spiro atoms. The summed E-state index contributed by atoms with van der Waals surface area (Å²) in [6.45, 7) is 8.51. The largest absolute Gasteiger partial charge is 0.493 e. The predicted octanol–water partition coefficient (Wildman–Crippen LogP) is 3.42. The van der Waals surface area contributed by atoms with Crippen LogP contribution in [0.3, 0.4) is 0 Å². The van der Waals surface area contributed by atoms with Gasteiger partial charge in [0.15, 0.2) is 0 Å². The van der Waals surface area contributed by atoms with Gasteiger partial charge < -0.3 is 15.0 Å². The zero-order valence-corrected chi connectivity index (χ0v) is 13.9. The molecule has 0 unspecified atom stereocenters. The second-order valence-electron chi connectivity index (χ2n) is 5.33. The summed E-state index contributed by atoms with van der Waals surface area (Å²) in [5, 5.41) is 3.53. The van der Waals surface area contributed by atoms with Gasteiger partial charge in [-0.3, -0.25) is 0 Å². The van der Waals surface area contributed by atoms with E-state index in [1.54, 1.807) is 0 Å². The third-order valence-electron chi connectivity index (χ3n) is 3.60. The average molecular weight is 341 g/mol. The van der Waals surface area contributed by atoms with Crippen LogP contribution in [0.15, 0.2) is 22.7 Å². The zero-order valence-electron chi connectivity index (χ0n) is 12.3. The van der Waals surface area contributed by atoms with Crippen LogP contribution in [0.25, 0.3) is 0 Å². The van der Waals surface area contributed by atoms with Crippen LogP contribution in [0, 0.1) is 0 Å². The molecule has 0 saturated carbocycles. The number of benzene rings is 1. The van der Waals surface area contributed by atoms with Crippen LogP contribution in [0.1, 0.15) is 31.7 Å². The van der Waals surface area contributed by atoms with Crippen molar-refractivity contribution in [3.63, 3.8) is 0 Å². The lowest BCUT2D eigenvalue weighted by molar-refractivity contribution is 0.311. The number of hydrogen-bond donors (Lipinski definition) is 1. The molecule has 0 aromatic heterocycles. The van der Waals surface area contributed by atoms with Crippen LogP contribution >= 0.6 is 15.9 Å². The van der Waals surface area contributed by atoms with Crippen molar-refractivity contribution in [1.82, 2.24) is 10.2 Å². The molecule has 1 aromatic rings. The Morgan fingerprint density at radius 1 is 1.30 bits per heavy atom. The van der Waals surface area contributed by atoms with Gasteiger partial charge in [-0.05, 0) is 50.6 Å². The number of rotatable bonds is 8. The van der Waals surface area contributed by atoms with Gasteiger partial charge in [-0.15, -0.1) is 0 Å². The highest BCUT2D eigenvalue weighted by Gasteiger charge is 2.10. The Labute approximate surface area is 130 Å². The quantitative estimate of drug-likeness (QED) is 0.734. The number of nitrogens with zero attached hydrogens (tertiary/aromatic N) is 1. The lowest BCUT2D eigenvalue weighted by Crippen LogP contribution is -2.29. The summed E-state index contributed by atoms with van der Waals surface area (Å²) >= 11 is 3.54. The average Bonchev–Trinajstić information content (AvgIpc) is 2.96. The van der Waals surface area contributed by atoms with Gasteiger partial charge in [0.25, 0.3) is 0 Å². The summed E-state index contributed by atoms with van der Waals surface area (Å²) in [5.74, 6) is 1.00. The molecule has 4 heteroatoms. The van der Waals surface area contributed by atoms with Gasteiger partial charge in [0.05, 0.1) is 6.61 Å². The molecule has 1 N–H and O–H groups in total. The van der Waals surface area contributed by atoms with Crippen LogP contribution in [0.4, 0.5) is 0 Å². The minimum Gasteiger partial charge on any atom is -0.493 e. The second-order valence-corrected chi connectivity index (χ2v) is 6.24. The first-order chi connectivity index (χ1) is 9.79. The molecule has 0 amide bonds. The van der Waals surface area contributed by atoms with E-state index in [1.165, 1.54) is 31.5 Å². The molecule has 0 aliphatic carbocycles. The van der Waals surface area contributed by atoms with Crippen molar-refractivity contribution >= 4 is 15.9 Å². The van der Waals surface area contributed by atoms with Crippen molar-refractivity contribution in [3.8, 4) is 5.75 Å². The SMILES string of the molecule is CCCOc1ccc(Br)cc1CNCCN1CCCC1. The molecule has 1 saturated heterocycles. The van der Waals surface area contributed by atoms with Crippen molar-refractivity contribution in [2.45, 2.75) is 32.7 Å². The number of hydrogen-bond acceptors (Lipinski definition) is 3. The minimum atomic E-state index is 0.780.